The maximum atomic E-state index is 5.66. The Morgan fingerprint density at radius 2 is 2.28 bits per heavy atom. The topological polar surface area (TPSA) is 68.8 Å². The Morgan fingerprint density at radius 3 is 2.89 bits per heavy atom. The standard InChI is InChI=1S/C12H16BrN5/c1-8-3-4-10(13)9(5-8)11(17-14)6-12-15-7-16-18(12)2/h3-5,7,11,17H,6,14H2,1-2H3. The maximum absolute atomic E-state index is 5.66. The van der Waals surface area contributed by atoms with Gasteiger partial charge in [-0.2, -0.15) is 5.10 Å². The van der Waals surface area contributed by atoms with E-state index in [1.165, 1.54) is 5.56 Å². The first-order chi connectivity index (χ1) is 8.61. The van der Waals surface area contributed by atoms with E-state index in [0.717, 1.165) is 15.9 Å². The molecular weight excluding hydrogens is 294 g/mol. The summed E-state index contributed by atoms with van der Waals surface area (Å²) in [4.78, 5) is 4.22. The fourth-order valence-electron chi connectivity index (χ4n) is 1.88. The summed E-state index contributed by atoms with van der Waals surface area (Å²) < 4.78 is 2.80. The molecule has 1 aromatic heterocycles. The fraction of sp³-hybridized carbons (Fsp3) is 0.333. The number of benzene rings is 1. The number of nitrogens with two attached hydrogens (primary N) is 1. The van der Waals surface area contributed by atoms with Crippen LogP contribution < -0.4 is 11.3 Å². The molecule has 5 nitrogen and oxygen atoms in total. The molecule has 0 saturated heterocycles. The summed E-state index contributed by atoms with van der Waals surface area (Å²) in [5.41, 5.74) is 5.17. The molecule has 18 heavy (non-hydrogen) atoms. The monoisotopic (exact) mass is 309 g/mol. The van der Waals surface area contributed by atoms with Crippen molar-refractivity contribution >= 4 is 15.9 Å². The van der Waals surface area contributed by atoms with Crippen molar-refractivity contribution in [3.63, 3.8) is 0 Å². The molecule has 1 unspecified atom stereocenters. The lowest BCUT2D eigenvalue weighted by molar-refractivity contribution is 0.521. The molecule has 0 fully saturated rings. The second-order valence-electron chi connectivity index (χ2n) is 4.25. The van der Waals surface area contributed by atoms with Crippen molar-refractivity contribution in [3.8, 4) is 0 Å². The fourth-order valence-corrected chi connectivity index (χ4v) is 2.40. The van der Waals surface area contributed by atoms with E-state index in [-0.39, 0.29) is 6.04 Å². The Hall–Kier alpha value is -1.24. The molecule has 0 aliphatic heterocycles. The maximum Gasteiger partial charge on any atom is 0.138 e. The Kier molecular flexibility index (Phi) is 4.11. The minimum atomic E-state index is 0.00201. The van der Waals surface area contributed by atoms with Crippen LogP contribution in [-0.2, 0) is 13.5 Å². The zero-order chi connectivity index (χ0) is 13.1. The zero-order valence-electron chi connectivity index (χ0n) is 10.4. The summed E-state index contributed by atoms with van der Waals surface area (Å²) in [6.45, 7) is 2.06. The predicted molar refractivity (Wildman–Crippen MR) is 73.7 cm³/mol. The van der Waals surface area contributed by atoms with Crippen LogP contribution in [0.15, 0.2) is 29.0 Å². The van der Waals surface area contributed by atoms with Crippen molar-refractivity contribution in [2.75, 3.05) is 0 Å². The third-order valence-electron chi connectivity index (χ3n) is 2.92. The van der Waals surface area contributed by atoms with Crippen LogP contribution in [0.5, 0.6) is 0 Å². The van der Waals surface area contributed by atoms with Crippen LogP contribution >= 0.6 is 15.9 Å². The quantitative estimate of drug-likeness (QED) is 0.665. The van der Waals surface area contributed by atoms with Gasteiger partial charge in [-0.25, -0.2) is 4.98 Å². The number of nitrogens with one attached hydrogen (secondary N) is 1. The van der Waals surface area contributed by atoms with Gasteiger partial charge in [-0.15, -0.1) is 0 Å². The minimum Gasteiger partial charge on any atom is -0.271 e. The molecule has 3 N–H and O–H groups in total. The summed E-state index contributed by atoms with van der Waals surface area (Å²) in [5.74, 6) is 6.56. The molecule has 0 spiro atoms. The summed E-state index contributed by atoms with van der Waals surface area (Å²) >= 11 is 3.56. The molecule has 6 heteroatoms. The van der Waals surface area contributed by atoms with Crippen molar-refractivity contribution in [2.45, 2.75) is 19.4 Å². The Balaban J connectivity index is 2.28. The van der Waals surface area contributed by atoms with E-state index in [2.05, 4.69) is 50.5 Å². The van der Waals surface area contributed by atoms with Gasteiger partial charge >= 0.3 is 0 Å². The van der Waals surface area contributed by atoms with E-state index in [1.54, 1.807) is 11.0 Å². The number of hydrogen-bond donors (Lipinski definition) is 2. The smallest absolute Gasteiger partial charge is 0.138 e. The molecule has 2 aromatic rings. The third-order valence-corrected chi connectivity index (χ3v) is 3.64. The van der Waals surface area contributed by atoms with E-state index in [4.69, 9.17) is 5.84 Å². The van der Waals surface area contributed by atoms with E-state index < -0.39 is 0 Å². The van der Waals surface area contributed by atoms with Gasteiger partial charge in [-0.1, -0.05) is 33.6 Å². The van der Waals surface area contributed by atoms with Crippen LogP contribution in [0.25, 0.3) is 0 Å². The van der Waals surface area contributed by atoms with Crippen LogP contribution in [-0.4, -0.2) is 14.8 Å². The predicted octanol–water partition coefficient (Wildman–Crippen LogP) is 1.63. The van der Waals surface area contributed by atoms with Gasteiger partial charge in [0, 0.05) is 17.9 Å². The molecular formula is C12H16BrN5. The van der Waals surface area contributed by atoms with Gasteiger partial charge in [0.05, 0.1) is 6.04 Å². The number of hydrogen-bond acceptors (Lipinski definition) is 4. The van der Waals surface area contributed by atoms with Gasteiger partial charge in [-0.3, -0.25) is 16.0 Å². The molecule has 0 bridgehead atoms. The highest BCUT2D eigenvalue weighted by atomic mass is 79.9. The highest BCUT2D eigenvalue weighted by molar-refractivity contribution is 9.10. The van der Waals surface area contributed by atoms with Gasteiger partial charge in [0.25, 0.3) is 0 Å². The summed E-state index contributed by atoms with van der Waals surface area (Å²) in [7, 11) is 1.88. The normalized spacial score (nSPS) is 12.7. The lowest BCUT2D eigenvalue weighted by Gasteiger charge is -2.18. The molecule has 0 aliphatic carbocycles. The first-order valence-electron chi connectivity index (χ1n) is 5.67. The molecule has 1 aromatic carbocycles. The van der Waals surface area contributed by atoms with Gasteiger partial charge in [0.1, 0.15) is 12.2 Å². The van der Waals surface area contributed by atoms with Gasteiger partial charge in [0.15, 0.2) is 0 Å². The number of nitrogens with zero attached hydrogens (tertiary/aromatic N) is 3. The summed E-state index contributed by atoms with van der Waals surface area (Å²) in [6, 6.07) is 6.21. The molecule has 2 rings (SSSR count). The van der Waals surface area contributed by atoms with E-state index in [9.17, 15) is 0 Å². The molecule has 96 valence electrons. The van der Waals surface area contributed by atoms with Gasteiger partial charge in [-0.05, 0) is 18.6 Å². The number of halogens is 1. The van der Waals surface area contributed by atoms with E-state index in [0.29, 0.717) is 6.42 Å². The van der Waals surface area contributed by atoms with Crippen molar-refractivity contribution in [3.05, 3.63) is 46.0 Å². The molecule has 1 heterocycles. The van der Waals surface area contributed by atoms with Crippen molar-refractivity contribution in [1.82, 2.24) is 20.2 Å². The Labute approximate surface area is 115 Å². The lowest BCUT2D eigenvalue weighted by atomic mass is 10.0. The van der Waals surface area contributed by atoms with Gasteiger partial charge < -0.3 is 0 Å². The van der Waals surface area contributed by atoms with Crippen LogP contribution in [0.1, 0.15) is 23.0 Å². The number of rotatable bonds is 4. The van der Waals surface area contributed by atoms with Crippen LogP contribution in [0.3, 0.4) is 0 Å². The first kappa shape index (κ1) is 13.2. The molecule has 1 atom stereocenters. The van der Waals surface area contributed by atoms with Crippen molar-refractivity contribution < 1.29 is 0 Å². The second-order valence-corrected chi connectivity index (χ2v) is 5.10. The Bertz CT molecular complexity index is 537. The van der Waals surface area contributed by atoms with Crippen molar-refractivity contribution in [2.24, 2.45) is 12.9 Å². The Morgan fingerprint density at radius 1 is 1.50 bits per heavy atom. The highest BCUT2D eigenvalue weighted by Gasteiger charge is 2.16. The molecule has 0 radical (unpaired) electrons. The van der Waals surface area contributed by atoms with Gasteiger partial charge in [0.2, 0.25) is 0 Å². The molecule has 0 amide bonds. The van der Waals surface area contributed by atoms with Crippen LogP contribution in [0.2, 0.25) is 0 Å². The largest absolute Gasteiger partial charge is 0.271 e. The first-order valence-corrected chi connectivity index (χ1v) is 6.46. The van der Waals surface area contributed by atoms with Crippen LogP contribution in [0.4, 0.5) is 0 Å². The number of aromatic nitrogens is 3. The van der Waals surface area contributed by atoms with Crippen molar-refractivity contribution in [1.29, 1.82) is 0 Å². The van der Waals surface area contributed by atoms with E-state index >= 15 is 0 Å². The lowest BCUT2D eigenvalue weighted by Crippen LogP contribution is -2.30. The van der Waals surface area contributed by atoms with Crippen LogP contribution in [0, 0.1) is 6.92 Å². The SMILES string of the molecule is Cc1ccc(Br)c(C(Cc2ncnn2C)NN)c1. The minimum absolute atomic E-state index is 0.00201. The average molecular weight is 310 g/mol. The highest BCUT2D eigenvalue weighted by Crippen LogP contribution is 2.26. The third kappa shape index (κ3) is 2.77. The summed E-state index contributed by atoms with van der Waals surface area (Å²) in [6.07, 6.45) is 2.24. The van der Waals surface area contributed by atoms with E-state index in [1.807, 2.05) is 13.1 Å². The summed E-state index contributed by atoms with van der Waals surface area (Å²) in [5, 5.41) is 4.06. The average Bonchev–Trinajstić information content (AvgIpc) is 2.75. The molecule has 0 saturated carbocycles. The number of hydrazine groups is 1. The second kappa shape index (κ2) is 5.60. The molecule has 0 aliphatic rings. The number of aryl methyl sites for hydroxylation is 2. The zero-order valence-corrected chi connectivity index (χ0v) is 12.0.